The van der Waals surface area contributed by atoms with E-state index in [1.54, 1.807) is 0 Å². The highest BCUT2D eigenvalue weighted by Crippen LogP contribution is 2.47. The van der Waals surface area contributed by atoms with E-state index in [1.165, 1.54) is 76.2 Å². The molecule has 0 saturated heterocycles. The fourth-order valence-corrected chi connectivity index (χ4v) is 5.57. The van der Waals surface area contributed by atoms with Gasteiger partial charge in [0.05, 0.1) is 10.9 Å². The lowest BCUT2D eigenvalue weighted by atomic mass is 9.91. The second-order valence-corrected chi connectivity index (χ2v) is 8.83. The van der Waals surface area contributed by atoms with Crippen LogP contribution in [0, 0.1) is 12.8 Å². The van der Waals surface area contributed by atoms with Crippen LogP contribution in [0.25, 0.3) is 32.9 Å². The minimum atomic E-state index is 0.833. The number of nitrogens with zero attached hydrogens (tertiary/aromatic N) is 1. The maximum absolute atomic E-state index is 6.50. The number of fused-ring (bicyclic) bond motifs is 3. The fourth-order valence-electron chi connectivity index (χ4n) is 5.57. The quantitative estimate of drug-likeness (QED) is 0.313. The van der Waals surface area contributed by atoms with Gasteiger partial charge in [-0.05, 0) is 41.8 Å². The Morgan fingerprint density at radius 2 is 1.79 bits per heavy atom. The Balaban J connectivity index is 1.63. The molecule has 0 unspecified atom stereocenters. The van der Waals surface area contributed by atoms with Gasteiger partial charge in [0.2, 0.25) is 5.52 Å². The van der Waals surface area contributed by atoms with Gasteiger partial charge in [-0.25, -0.2) is 0 Å². The number of rotatable bonds is 2. The zero-order chi connectivity index (χ0) is 19.5. The van der Waals surface area contributed by atoms with Gasteiger partial charge in [-0.3, -0.25) is 0 Å². The van der Waals surface area contributed by atoms with Crippen LogP contribution in [0.5, 0.6) is 11.5 Å². The summed E-state index contributed by atoms with van der Waals surface area (Å²) in [6.45, 7) is 2.21. The van der Waals surface area contributed by atoms with Gasteiger partial charge >= 0.3 is 0 Å². The lowest BCUT2D eigenvalue weighted by Gasteiger charge is -2.22. The second-order valence-electron chi connectivity index (χ2n) is 8.83. The predicted molar refractivity (Wildman–Crippen MR) is 119 cm³/mol. The summed E-state index contributed by atoms with van der Waals surface area (Å²) >= 11 is 0. The van der Waals surface area contributed by atoms with Gasteiger partial charge in [0.15, 0.2) is 5.75 Å². The van der Waals surface area contributed by atoms with Crippen LogP contribution in [0.2, 0.25) is 0 Å². The molecule has 29 heavy (non-hydrogen) atoms. The van der Waals surface area contributed by atoms with Gasteiger partial charge in [-0.1, -0.05) is 62.1 Å². The molecule has 1 aliphatic carbocycles. The monoisotopic (exact) mass is 380 g/mol. The summed E-state index contributed by atoms with van der Waals surface area (Å²) in [5.41, 5.74) is 6.55. The Kier molecular flexibility index (Phi) is 3.71. The molecular weight excluding hydrogens is 354 g/mol. The average Bonchev–Trinajstić information content (AvgIpc) is 3.24. The van der Waals surface area contributed by atoms with Crippen LogP contribution in [0.1, 0.15) is 36.8 Å². The molecule has 144 valence electrons. The highest BCUT2D eigenvalue weighted by Gasteiger charge is 2.31. The molecule has 0 radical (unpaired) electrons. The topological polar surface area (TPSA) is 13.1 Å². The smallest absolute Gasteiger partial charge is 0.256 e. The molecule has 1 aliphatic heterocycles. The van der Waals surface area contributed by atoms with E-state index in [2.05, 4.69) is 73.1 Å². The third kappa shape index (κ3) is 2.51. The summed E-state index contributed by atoms with van der Waals surface area (Å²) in [5, 5.41) is 3.81. The molecule has 2 nitrogen and oxygen atoms in total. The van der Waals surface area contributed by atoms with E-state index in [0.29, 0.717) is 0 Å². The third-order valence-electron chi connectivity index (χ3n) is 7.03. The number of hydrogen-bond acceptors (Lipinski definition) is 1. The van der Waals surface area contributed by atoms with Crippen molar-refractivity contribution in [1.29, 1.82) is 0 Å². The van der Waals surface area contributed by atoms with Gasteiger partial charge in [0.1, 0.15) is 12.8 Å². The van der Waals surface area contributed by atoms with E-state index in [0.717, 1.165) is 17.4 Å². The van der Waals surface area contributed by atoms with E-state index in [4.69, 9.17) is 4.74 Å². The lowest BCUT2D eigenvalue weighted by molar-refractivity contribution is -0.633. The summed E-state index contributed by atoms with van der Waals surface area (Å²) in [7, 11) is 2.19. The van der Waals surface area contributed by atoms with Crippen molar-refractivity contribution in [3.63, 3.8) is 0 Å². The van der Waals surface area contributed by atoms with Gasteiger partial charge in [0, 0.05) is 17.5 Å². The minimum Gasteiger partial charge on any atom is -0.450 e. The molecule has 3 aromatic carbocycles. The number of aromatic nitrogens is 1. The molecule has 2 heterocycles. The first kappa shape index (κ1) is 17.0. The minimum absolute atomic E-state index is 0.833. The molecule has 2 aliphatic rings. The summed E-state index contributed by atoms with van der Waals surface area (Å²) in [6.07, 6.45) is 6.71. The number of aryl methyl sites for hydroxylation is 2. The largest absolute Gasteiger partial charge is 0.450 e. The predicted octanol–water partition coefficient (Wildman–Crippen LogP) is 6.63. The average molecular weight is 381 g/mol. The zero-order valence-corrected chi connectivity index (χ0v) is 17.2. The fraction of sp³-hybridized carbons (Fsp3) is 0.296. The molecule has 0 atom stereocenters. The standard InChI is InChI=1S/C27H26NO/c1-17-13-14-19-9-6-12-23-26(19)25(17)27-24(29-23)16-21-20(15-18-7-3-4-8-18)10-5-11-22(21)28(27)2/h5-6,9-14,16,18H,3-4,7-8,15H2,1-2H3/q+1. The van der Waals surface area contributed by atoms with Crippen LogP contribution < -0.4 is 9.30 Å². The van der Waals surface area contributed by atoms with E-state index in [1.807, 2.05) is 0 Å². The van der Waals surface area contributed by atoms with Crippen LogP contribution in [-0.4, -0.2) is 0 Å². The number of benzene rings is 3. The summed E-state index contributed by atoms with van der Waals surface area (Å²) in [4.78, 5) is 0. The molecule has 1 saturated carbocycles. The van der Waals surface area contributed by atoms with Crippen molar-refractivity contribution in [2.75, 3.05) is 0 Å². The first-order valence-electron chi connectivity index (χ1n) is 10.9. The maximum Gasteiger partial charge on any atom is 0.256 e. The summed E-state index contributed by atoms with van der Waals surface area (Å²) < 4.78 is 8.85. The SMILES string of the molecule is Cc1ccc2cccc3c2c1-c1c(cc2c(CC4CCCC4)cccc2[n+]1C)O3. The lowest BCUT2D eigenvalue weighted by Crippen LogP contribution is -2.33. The van der Waals surface area contributed by atoms with Gasteiger partial charge < -0.3 is 4.74 Å². The first-order valence-corrected chi connectivity index (χ1v) is 10.9. The zero-order valence-electron chi connectivity index (χ0n) is 17.2. The molecule has 0 amide bonds. The summed E-state index contributed by atoms with van der Waals surface area (Å²) in [5.74, 6) is 2.79. The second kappa shape index (κ2) is 6.32. The van der Waals surface area contributed by atoms with Crippen molar-refractivity contribution in [2.24, 2.45) is 13.0 Å². The van der Waals surface area contributed by atoms with Crippen molar-refractivity contribution >= 4 is 21.7 Å². The van der Waals surface area contributed by atoms with Crippen molar-refractivity contribution in [3.8, 4) is 22.8 Å². The number of hydrogen-bond donors (Lipinski definition) is 0. The van der Waals surface area contributed by atoms with Gasteiger partial charge in [-0.15, -0.1) is 0 Å². The Morgan fingerprint density at radius 1 is 0.966 bits per heavy atom. The molecule has 4 aromatic rings. The van der Waals surface area contributed by atoms with Crippen molar-refractivity contribution in [1.82, 2.24) is 0 Å². The Labute approximate surface area is 171 Å². The molecule has 0 N–H and O–H groups in total. The number of pyridine rings is 1. The molecule has 2 heteroatoms. The van der Waals surface area contributed by atoms with E-state index in [9.17, 15) is 0 Å². The van der Waals surface area contributed by atoms with Gasteiger partial charge in [-0.2, -0.15) is 4.57 Å². The van der Waals surface area contributed by atoms with Crippen LogP contribution >= 0.6 is 0 Å². The highest BCUT2D eigenvalue weighted by molar-refractivity contribution is 6.04. The normalized spacial score (nSPS) is 15.7. The Bertz CT molecular complexity index is 1280. The molecule has 0 spiro atoms. The molecular formula is C27H26NO+. The van der Waals surface area contributed by atoms with Crippen LogP contribution in [0.15, 0.2) is 54.6 Å². The highest BCUT2D eigenvalue weighted by atomic mass is 16.5. The maximum atomic E-state index is 6.50. The number of ether oxygens (including phenoxy) is 1. The van der Waals surface area contributed by atoms with Crippen LogP contribution in [0.4, 0.5) is 0 Å². The molecule has 1 aromatic heterocycles. The molecule has 1 fully saturated rings. The summed E-state index contributed by atoms with van der Waals surface area (Å²) in [6, 6.07) is 19.9. The molecule has 6 rings (SSSR count). The third-order valence-corrected chi connectivity index (χ3v) is 7.03. The first-order chi connectivity index (χ1) is 14.2. The van der Waals surface area contributed by atoms with Crippen molar-refractivity contribution < 1.29 is 9.30 Å². The van der Waals surface area contributed by atoms with E-state index >= 15 is 0 Å². The van der Waals surface area contributed by atoms with Crippen LogP contribution in [0.3, 0.4) is 0 Å². The van der Waals surface area contributed by atoms with Crippen LogP contribution in [-0.2, 0) is 13.5 Å². The van der Waals surface area contributed by atoms with Gasteiger partial charge in [0.25, 0.3) is 5.69 Å². The van der Waals surface area contributed by atoms with E-state index < -0.39 is 0 Å². The van der Waals surface area contributed by atoms with Crippen molar-refractivity contribution in [2.45, 2.75) is 39.0 Å². The Morgan fingerprint density at radius 3 is 2.66 bits per heavy atom. The molecule has 0 bridgehead atoms. The van der Waals surface area contributed by atoms with E-state index in [-0.39, 0.29) is 0 Å². The Hall–Kier alpha value is -2.87. The van der Waals surface area contributed by atoms with Crippen molar-refractivity contribution in [3.05, 3.63) is 65.7 Å².